The highest BCUT2D eigenvalue weighted by molar-refractivity contribution is 7.89. The van der Waals surface area contributed by atoms with Crippen molar-refractivity contribution in [2.45, 2.75) is 25.2 Å². The lowest BCUT2D eigenvalue weighted by Crippen LogP contribution is -2.28. The highest BCUT2D eigenvalue weighted by Crippen LogP contribution is 2.13. The van der Waals surface area contributed by atoms with Crippen molar-refractivity contribution in [3.05, 3.63) is 64.7 Å². The van der Waals surface area contributed by atoms with Gasteiger partial charge in [0.1, 0.15) is 0 Å². The molecule has 2 N–H and O–H groups in total. The van der Waals surface area contributed by atoms with E-state index in [0.29, 0.717) is 29.5 Å². The molecule has 2 aromatic carbocycles. The van der Waals surface area contributed by atoms with Crippen molar-refractivity contribution < 1.29 is 13.2 Å². The zero-order valence-corrected chi connectivity index (χ0v) is 16.4. The van der Waals surface area contributed by atoms with Crippen LogP contribution >= 0.6 is 11.6 Å². The molecular formula is C19H23ClN2O3S. The molecule has 0 radical (unpaired) electrons. The first-order valence-corrected chi connectivity index (χ1v) is 10.3. The lowest BCUT2D eigenvalue weighted by atomic mass is 10.2. The number of rotatable bonds is 8. The number of carbonyl (C=O) groups excluding carboxylic acids is 1. The predicted molar refractivity (Wildman–Crippen MR) is 104 cm³/mol. The molecule has 140 valence electrons. The fourth-order valence-corrected chi connectivity index (χ4v) is 3.53. The number of nitrogens with one attached hydrogen (secondary N) is 2. The Morgan fingerprint density at radius 2 is 1.81 bits per heavy atom. The molecule has 0 heterocycles. The largest absolute Gasteiger partial charge is 0.352 e. The van der Waals surface area contributed by atoms with Gasteiger partial charge in [0, 0.05) is 23.7 Å². The number of carbonyl (C=O) groups is 1. The minimum absolute atomic E-state index is 0.129. The van der Waals surface area contributed by atoms with Crippen LogP contribution in [-0.4, -0.2) is 27.4 Å². The number of halogens is 1. The molecule has 0 aromatic heterocycles. The van der Waals surface area contributed by atoms with Crippen molar-refractivity contribution in [1.29, 1.82) is 0 Å². The maximum Gasteiger partial charge on any atom is 0.251 e. The Hall–Kier alpha value is -1.89. The summed E-state index contributed by atoms with van der Waals surface area (Å²) in [5, 5.41) is 3.42. The van der Waals surface area contributed by atoms with Crippen LogP contribution in [0.1, 0.15) is 29.8 Å². The average molecular weight is 395 g/mol. The molecule has 1 amide bonds. The Labute approximate surface area is 159 Å². The van der Waals surface area contributed by atoms with Crippen LogP contribution in [0.4, 0.5) is 0 Å². The predicted octanol–water partition coefficient (Wildman–Crippen LogP) is 3.25. The van der Waals surface area contributed by atoms with Crippen LogP contribution in [0.3, 0.4) is 0 Å². The summed E-state index contributed by atoms with van der Waals surface area (Å²) in [6.45, 7) is 4.85. The van der Waals surface area contributed by atoms with Gasteiger partial charge in [-0.3, -0.25) is 4.79 Å². The molecule has 0 bridgehead atoms. The van der Waals surface area contributed by atoms with Gasteiger partial charge < -0.3 is 5.32 Å². The Bertz CT molecular complexity index is 849. The van der Waals surface area contributed by atoms with E-state index in [1.807, 2.05) is 26.0 Å². The number of amides is 1. The van der Waals surface area contributed by atoms with Crippen LogP contribution in [0.15, 0.2) is 53.4 Å². The van der Waals surface area contributed by atoms with Gasteiger partial charge in [0.05, 0.1) is 4.90 Å². The van der Waals surface area contributed by atoms with Crippen LogP contribution in [0.5, 0.6) is 0 Å². The molecule has 0 atom stereocenters. The lowest BCUT2D eigenvalue weighted by molar-refractivity contribution is 0.0949. The Morgan fingerprint density at radius 3 is 2.42 bits per heavy atom. The van der Waals surface area contributed by atoms with E-state index in [1.165, 1.54) is 24.3 Å². The lowest BCUT2D eigenvalue weighted by Gasteiger charge is -2.09. The molecule has 0 aliphatic heterocycles. The quantitative estimate of drug-likeness (QED) is 0.721. The van der Waals surface area contributed by atoms with Crippen LogP contribution in [0.2, 0.25) is 5.02 Å². The van der Waals surface area contributed by atoms with Crippen LogP contribution in [-0.2, 0) is 16.4 Å². The maximum atomic E-state index is 12.3. The van der Waals surface area contributed by atoms with Gasteiger partial charge in [0.15, 0.2) is 0 Å². The molecule has 26 heavy (non-hydrogen) atoms. The molecule has 0 aliphatic carbocycles. The topological polar surface area (TPSA) is 75.3 Å². The van der Waals surface area contributed by atoms with Gasteiger partial charge in [-0.15, -0.1) is 0 Å². The average Bonchev–Trinajstić information content (AvgIpc) is 2.59. The van der Waals surface area contributed by atoms with Crippen molar-refractivity contribution in [3.63, 3.8) is 0 Å². The standard InChI is InChI=1S/C19H23ClN2O3S/c1-14(2)13-21-19(23)16-6-8-18(9-7-16)26(24,25)22-11-10-15-4-3-5-17(20)12-15/h3-9,12,14,22H,10-11,13H2,1-2H3,(H,21,23). The van der Waals surface area contributed by atoms with Crippen molar-refractivity contribution in [2.24, 2.45) is 5.92 Å². The van der Waals surface area contributed by atoms with Gasteiger partial charge in [0.25, 0.3) is 5.91 Å². The van der Waals surface area contributed by atoms with Crippen molar-refractivity contribution in [1.82, 2.24) is 10.0 Å². The van der Waals surface area contributed by atoms with Crippen LogP contribution < -0.4 is 10.0 Å². The van der Waals surface area contributed by atoms with Crippen molar-refractivity contribution >= 4 is 27.5 Å². The van der Waals surface area contributed by atoms with Crippen LogP contribution in [0, 0.1) is 5.92 Å². The van der Waals surface area contributed by atoms with Crippen molar-refractivity contribution in [3.8, 4) is 0 Å². The zero-order valence-electron chi connectivity index (χ0n) is 14.8. The van der Waals surface area contributed by atoms with Gasteiger partial charge >= 0.3 is 0 Å². The number of sulfonamides is 1. The van der Waals surface area contributed by atoms with Crippen LogP contribution in [0.25, 0.3) is 0 Å². The summed E-state index contributed by atoms with van der Waals surface area (Å²) in [5.74, 6) is 0.138. The Morgan fingerprint density at radius 1 is 1.12 bits per heavy atom. The van der Waals surface area contributed by atoms with E-state index in [9.17, 15) is 13.2 Å². The molecule has 0 saturated carbocycles. The van der Waals surface area contributed by atoms with Gasteiger partial charge in [-0.25, -0.2) is 13.1 Å². The molecular weight excluding hydrogens is 372 g/mol. The second-order valence-corrected chi connectivity index (χ2v) is 8.61. The van der Waals surface area contributed by atoms with E-state index < -0.39 is 10.0 Å². The second kappa shape index (κ2) is 9.16. The van der Waals surface area contributed by atoms with E-state index in [2.05, 4.69) is 10.0 Å². The monoisotopic (exact) mass is 394 g/mol. The molecule has 0 saturated heterocycles. The normalized spacial score (nSPS) is 11.5. The SMILES string of the molecule is CC(C)CNC(=O)c1ccc(S(=O)(=O)NCCc2cccc(Cl)c2)cc1. The minimum atomic E-state index is -3.62. The van der Waals surface area contributed by atoms with E-state index in [4.69, 9.17) is 11.6 Å². The first-order chi connectivity index (χ1) is 12.3. The van der Waals surface area contributed by atoms with E-state index in [1.54, 1.807) is 12.1 Å². The third kappa shape index (κ3) is 6.12. The minimum Gasteiger partial charge on any atom is -0.352 e. The third-order valence-corrected chi connectivity index (χ3v) is 5.40. The molecule has 2 rings (SSSR count). The summed E-state index contributed by atoms with van der Waals surface area (Å²) in [6.07, 6.45) is 0.537. The first kappa shape index (κ1) is 20.4. The summed E-state index contributed by atoms with van der Waals surface area (Å²) in [6, 6.07) is 13.2. The maximum absolute atomic E-state index is 12.3. The number of hydrogen-bond acceptors (Lipinski definition) is 3. The molecule has 0 fully saturated rings. The summed E-state index contributed by atoms with van der Waals surface area (Å²) >= 11 is 5.92. The number of hydrogen-bond donors (Lipinski definition) is 2. The molecule has 2 aromatic rings. The summed E-state index contributed by atoms with van der Waals surface area (Å²) in [7, 11) is -3.62. The second-order valence-electron chi connectivity index (χ2n) is 6.41. The highest BCUT2D eigenvalue weighted by atomic mass is 35.5. The van der Waals surface area contributed by atoms with E-state index >= 15 is 0 Å². The number of benzene rings is 2. The first-order valence-electron chi connectivity index (χ1n) is 8.40. The fraction of sp³-hybridized carbons (Fsp3) is 0.316. The molecule has 5 nitrogen and oxygen atoms in total. The van der Waals surface area contributed by atoms with Gasteiger partial charge in [0.2, 0.25) is 10.0 Å². The van der Waals surface area contributed by atoms with Gasteiger partial charge in [-0.1, -0.05) is 37.6 Å². The fourth-order valence-electron chi connectivity index (χ4n) is 2.29. The van der Waals surface area contributed by atoms with E-state index in [0.717, 1.165) is 5.56 Å². The van der Waals surface area contributed by atoms with Crippen molar-refractivity contribution in [2.75, 3.05) is 13.1 Å². The summed E-state index contributed by atoms with van der Waals surface area (Å²) < 4.78 is 27.3. The summed E-state index contributed by atoms with van der Waals surface area (Å²) in [4.78, 5) is 12.1. The Balaban J connectivity index is 1.95. The smallest absolute Gasteiger partial charge is 0.251 e. The highest BCUT2D eigenvalue weighted by Gasteiger charge is 2.14. The third-order valence-electron chi connectivity index (χ3n) is 3.69. The zero-order chi connectivity index (χ0) is 19.2. The summed E-state index contributed by atoms with van der Waals surface area (Å²) in [5.41, 5.74) is 1.39. The van der Waals surface area contributed by atoms with Gasteiger partial charge in [-0.2, -0.15) is 0 Å². The van der Waals surface area contributed by atoms with Gasteiger partial charge in [-0.05, 0) is 54.3 Å². The molecule has 0 spiro atoms. The molecule has 7 heteroatoms. The molecule has 0 aliphatic rings. The van der Waals surface area contributed by atoms with E-state index in [-0.39, 0.29) is 17.3 Å². The Kier molecular flexibility index (Phi) is 7.20. The molecule has 0 unspecified atom stereocenters.